The summed E-state index contributed by atoms with van der Waals surface area (Å²) in [5.74, 6) is -1.09. The summed E-state index contributed by atoms with van der Waals surface area (Å²) in [5.41, 5.74) is 0. The van der Waals surface area contributed by atoms with E-state index in [1.165, 1.54) is 64.2 Å². The summed E-state index contributed by atoms with van der Waals surface area (Å²) in [6.45, 7) is 6.17. The Hall–Kier alpha value is -5.49. The molecule has 0 aliphatic heterocycles. The fourth-order valence-electron chi connectivity index (χ4n) is 7.85. The molecule has 6 heteroatoms. The second-order valence-corrected chi connectivity index (χ2v) is 19.8. The number of hydrogen-bond acceptors (Lipinski definition) is 6. The molecule has 1 unspecified atom stereocenters. The van der Waals surface area contributed by atoms with Crippen molar-refractivity contribution in [1.29, 1.82) is 0 Å². The number of carbonyl (C=O) groups is 3. The molecule has 0 saturated heterocycles. The Morgan fingerprint density at radius 1 is 0.253 bits per heavy atom. The molecule has 0 aromatic rings. The van der Waals surface area contributed by atoms with Gasteiger partial charge in [-0.05, 0) is 135 Å². The molecule has 0 bridgehead atoms. The predicted octanol–water partition coefficient (Wildman–Crippen LogP) is 21.7. The van der Waals surface area contributed by atoms with Gasteiger partial charge in [-0.1, -0.05) is 267 Å². The lowest BCUT2D eigenvalue weighted by atomic mass is 10.0. The minimum Gasteiger partial charge on any atom is -0.462 e. The summed E-state index contributed by atoms with van der Waals surface area (Å²) >= 11 is 0. The zero-order valence-corrected chi connectivity index (χ0v) is 50.3. The smallest absolute Gasteiger partial charge is 0.306 e. The van der Waals surface area contributed by atoms with Crippen LogP contribution in [0.2, 0.25) is 0 Å². The second-order valence-electron chi connectivity index (χ2n) is 19.8. The molecule has 79 heavy (non-hydrogen) atoms. The third kappa shape index (κ3) is 63.2. The van der Waals surface area contributed by atoms with Crippen LogP contribution >= 0.6 is 0 Å². The van der Waals surface area contributed by atoms with Gasteiger partial charge < -0.3 is 14.2 Å². The molecule has 0 N–H and O–H groups in total. The van der Waals surface area contributed by atoms with Crippen molar-refractivity contribution in [2.24, 2.45) is 0 Å². The van der Waals surface area contributed by atoms with Crippen LogP contribution in [0, 0.1) is 0 Å². The van der Waals surface area contributed by atoms with Crippen LogP contribution < -0.4 is 0 Å². The number of allylic oxidation sites excluding steroid dienone is 30. The standard InChI is InChI=1S/C73H112O6/c1-4-7-10-13-16-19-22-25-27-29-31-33-35-36-38-39-41-43-45-48-51-54-57-60-63-66-72(75)78-69-70(68-77-71(74)65-62-59-56-53-50-47-24-21-18-15-12-9-6-3)79-73(76)67-64-61-58-55-52-49-46-44-42-40-37-34-32-30-28-26-23-20-17-14-11-8-5-2/h7-12,16-21,25-28,31-34,40,42,46-47,49-50,55-56,58-59,70H,4-6,13-15,22-24,29-30,35-39,41,43-45,48,51-54,57,60-69H2,1-3H3/b10-7-,11-8-,12-9-,19-16-,20-17-,21-18-,27-25-,28-26-,33-31-,34-32-,42-40-,49-46-,50-47-,58-55-,59-56-. The molecule has 0 spiro atoms. The van der Waals surface area contributed by atoms with Crippen LogP contribution in [0.3, 0.4) is 0 Å². The summed E-state index contributed by atoms with van der Waals surface area (Å²) < 4.78 is 16.8. The first-order valence-corrected chi connectivity index (χ1v) is 31.3. The van der Waals surface area contributed by atoms with Gasteiger partial charge in [0.1, 0.15) is 13.2 Å². The van der Waals surface area contributed by atoms with Crippen LogP contribution in [0.1, 0.15) is 239 Å². The summed E-state index contributed by atoms with van der Waals surface area (Å²) in [4.78, 5) is 38.2. The van der Waals surface area contributed by atoms with Crippen LogP contribution in [-0.2, 0) is 28.6 Å². The number of rotatable bonds is 54. The van der Waals surface area contributed by atoms with Gasteiger partial charge in [-0.15, -0.1) is 0 Å². The molecule has 0 amide bonds. The first-order chi connectivity index (χ1) is 39.0. The van der Waals surface area contributed by atoms with Gasteiger partial charge in [0.15, 0.2) is 6.10 Å². The minimum atomic E-state index is -0.850. The Morgan fingerprint density at radius 2 is 0.494 bits per heavy atom. The number of carbonyl (C=O) groups excluding carboxylic acids is 3. The molecule has 440 valence electrons. The van der Waals surface area contributed by atoms with E-state index < -0.39 is 12.1 Å². The van der Waals surface area contributed by atoms with Crippen molar-refractivity contribution in [2.45, 2.75) is 245 Å². The van der Waals surface area contributed by atoms with E-state index in [4.69, 9.17) is 14.2 Å². The Labute approximate surface area is 484 Å². The lowest BCUT2D eigenvalue weighted by Crippen LogP contribution is -2.30. The van der Waals surface area contributed by atoms with E-state index in [9.17, 15) is 14.4 Å². The third-order valence-electron chi connectivity index (χ3n) is 12.4. The van der Waals surface area contributed by atoms with E-state index in [0.29, 0.717) is 19.3 Å². The maximum absolute atomic E-state index is 12.9. The number of unbranched alkanes of at least 4 members (excludes halogenated alkanes) is 13. The van der Waals surface area contributed by atoms with Gasteiger partial charge in [0.25, 0.3) is 0 Å². The van der Waals surface area contributed by atoms with Crippen molar-refractivity contribution >= 4 is 17.9 Å². The first-order valence-electron chi connectivity index (χ1n) is 31.3. The Morgan fingerprint density at radius 3 is 0.823 bits per heavy atom. The highest BCUT2D eigenvalue weighted by Crippen LogP contribution is 2.14. The van der Waals surface area contributed by atoms with Crippen LogP contribution in [-0.4, -0.2) is 37.2 Å². The van der Waals surface area contributed by atoms with Crippen LogP contribution in [0.4, 0.5) is 0 Å². The maximum atomic E-state index is 12.9. The van der Waals surface area contributed by atoms with Crippen LogP contribution in [0.5, 0.6) is 0 Å². The summed E-state index contributed by atoms with van der Waals surface area (Å²) in [6.07, 6.45) is 97.8. The molecule has 0 aliphatic carbocycles. The largest absolute Gasteiger partial charge is 0.462 e. The normalized spacial score (nSPS) is 13.4. The maximum Gasteiger partial charge on any atom is 0.306 e. The number of esters is 3. The summed E-state index contributed by atoms with van der Waals surface area (Å²) in [6, 6.07) is 0. The number of ether oxygens (including phenoxy) is 3. The van der Waals surface area contributed by atoms with E-state index in [0.717, 1.165) is 122 Å². The predicted molar refractivity (Wildman–Crippen MR) is 343 cm³/mol. The molecule has 0 aromatic heterocycles. The quantitative estimate of drug-likeness (QED) is 0.0261. The highest BCUT2D eigenvalue weighted by atomic mass is 16.6. The molecular weight excluding hydrogens is 973 g/mol. The zero-order valence-electron chi connectivity index (χ0n) is 50.3. The average molecular weight is 1090 g/mol. The molecule has 0 aromatic carbocycles. The third-order valence-corrected chi connectivity index (χ3v) is 12.4. The second kappa shape index (κ2) is 65.0. The van der Waals surface area contributed by atoms with E-state index in [1.54, 1.807) is 0 Å². The van der Waals surface area contributed by atoms with E-state index in [-0.39, 0.29) is 38.0 Å². The van der Waals surface area contributed by atoms with Gasteiger partial charge in [-0.25, -0.2) is 0 Å². The SMILES string of the molecule is CC/C=C\C/C=C\C/C=C\C/C=C\C/C=C\C/C=C\C/C=C\CCCC(=O)OC(COC(=O)CC/C=C\C/C=C\C/C=C\C/C=C\CC)COC(=O)CCCCCCCCCCCCCC/C=C\C/C=C\C/C=C\C/C=C\CC. The van der Waals surface area contributed by atoms with E-state index in [1.807, 2.05) is 12.2 Å². The van der Waals surface area contributed by atoms with Crippen molar-refractivity contribution in [3.63, 3.8) is 0 Å². The van der Waals surface area contributed by atoms with Gasteiger partial charge in [-0.2, -0.15) is 0 Å². The van der Waals surface area contributed by atoms with Crippen molar-refractivity contribution in [1.82, 2.24) is 0 Å². The highest BCUT2D eigenvalue weighted by Gasteiger charge is 2.19. The zero-order chi connectivity index (χ0) is 57.1. The molecule has 0 aliphatic rings. The summed E-state index contributed by atoms with van der Waals surface area (Å²) in [7, 11) is 0. The molecule has 1 atom stereocenters. The molecule has 6 nitrogen and oxygen atoms in total. The Kier molecular flexibility index (Phi) is 60.5. The number of hydrogen-bond donors (Lipinski definition) is 0. The van der Waals surface area contributed by atoms with Crippen LogP contribution in [0.25, 0.3) is 0 Å². The molecule has 0 fully saturated rings. The topological polar surface area (TPSA) is 78.9 Å². The van der Waals surface area contributed by atoms with Gasteiger partial charge in [0.2, 0.25) is 0 Å². The van der Waals surface area contributed by atoms with Crippen LogP contribution in [0.15, 0.2) is 182 Å². The van der Waals surface area contributed by atoms with Gasteiger partial charge >= 0.3 is 17.9 Å². The lowest BCUT2D eigenvalue weighted by Gasteiger charge is -2.18. The van der Waals surface area contributed by atoms with E-state index >= 15 is 0 Å². The van der Waals surface area contributed by atoms with Crippen molar-refractivity contribution < 1.29 is 28.6 Å². The average Bonchev–Trinajstić information content (AvgIpc) is 3.45. The van der Waals surface area contributed by atoms with Gasteiger partial charge in [0, 0.05) is 19.3 Å². The Balaban J connectivity index is 4.50. The van der Waals surface area contributed by atoms with Crippen molar-refractivity contribution in [3.8, 4) is 0 Å². The molecule has 0 rings (SSSR count). The van der Waals surface area contributed by atoms with Gasteiger partial charge in [-0.3, -0.25) is 14.4 Å². The lowest BCUT2D eigenvalue weighted by molar-refractivity contribution is -0.166. The van der Waals surface area contributed by atoms with Crippen molar-refractivity contribution in [2.75, 3.05) is 13.2 Å². The van der Waals surface area contributed by atoms with Crippen molar-refractivity contribution in [3.05, 3.63) is 182 Å². The van der Waals surface area contributed by atoms with Gasteiger partial charge in [0.05, 0.1) is 0 Å². The first kappa shape index (κ1) is 73.5. The fraction of sp³-hybridized carbons (Fsp3) is 0.548. The molecular formula is C73H112O6. The molecule has 0 heterocycles. The minimum absolute atomic E-state index is 0.133. The fourth-order valence-corrected chi connectivity index (χ4v) is 7.85. The van der Waals surface area contributed by atoms with E-state index in [2.05, 4.69) is 191 Å². The monoisotopic (exact) mass is 1080 g/mol. The Bertz CT molecular complexity index is 1870. The molecule has 0 radical (unpaired) electrons. The highest BCUT2D eigenvalue weighted by molar-refractivity contribution is 5.71. The molecule has 0 saturated carbocycles. The summed E-state index contributed by atoms with van der Waals surface area (Å²) in [5, 5.41) is 0.